The number of carbonyl (C=O) groups excluding carboxylic acids is 1. The Labute approximate surface area is 136 Å². The standard InChI is InChI=1S/C18H23N3O2/c1-12-6-16-14(11-21(20-16)10-13-8-19-9-13)7-15(12)18(22)17-4-2-3-5-23-17/h6-7,11,13,17,19H,2-5,8-10H2,1H3. The largest absolute Gasteiger partial charge is 0.370 e. The number of hydrogen-bond donors (Lipinski definition) is 1. The van der Waals surface area contributed by atoms with Crippen LogP contribution in [0, 0.1) is 12.8 Å². The van der Waals surface area contributed by atoms with Gasteiger partial charge in [-0.15, -0.1) is 0 Å². The molecule has 23 heavy (non-hydrogen) atoms. The zero-order chi connectivity index (χ0) is 15.8. The lowest BCUT2D eigenvalue weighted by Crippen LogP contribution is -2.44. The molecule has 0 amide bonds. The van der Waals surface area contributed by atoms with Crippen LogP contribution in [-0.4, -0.2) is 41.4 Å². The first-order valence-corrected chi connectivity index (χ1v) is 8.55. The fraction of sp³-hybridized carbons (Fsp3) is 0.556. The molecule has 2 aliphatic heterocycles. The van der Waals surface area contributed by atoms with Gasteiger partial charge in [0.15, 0.2) is 5.78 Å². The Balaban J connectivity index is 1.61. The fourth-order valence-electron chi connectivity index (χ4n) is 3.45. The van der Waals surface area contributed by atoms with Gasteiger partial charge in [-0.2, -0.15) is 5.10 Å². The molecule has 2 saturated heterocycles. The number of ether oxygens (including phenoxy) is 1. The lowest BCUT2D eigenvalue weighted by atomic mass is 9.95. The van der Waals surface area contributed by atoms with E-state index in [9.17, 15) is 4.79 Å². The molecule has 0 aliphatic carbocycles. The number of fused-ring (bicyclic) bond motifs is 1. The highest BCUT2D eigenvalue weighted by atomic mass is 16.5. The van der Waals surface area contributed by atoms with Gasteiger partial charge in [0.25, 0.3) is 0 Å². The van der Waals surface area contributed by atoms with E-state index < -0.39 is 0 Å². The van der Waals surface area contributed by atoms with Crippen LogP contribution in [0.15, 0.2) is 18.3 Å². The molecule has 1 atom stereocenters. The third kappa shape index (κ3) is 2.91. The minimum atomic E-state index is -0.268. The second-order valence-corrected chi connectivity index (χ2v) is 6.82. The first-order valence-electron chi connectivity index (χ1n) is 8.55. The lowest BCUT2D eigenvalue weighted by Gasteiger charge is -2.26. The molecule has 2 aliphatic rings. The Morgan fingerprint density at radius 1 is 1.39 bits per heavy atom. The average molecular weight is 313 g/mol. The maximum atomic E-state index is 12.7. The van der Waals surface area contributed by atoms with Crippen molar-refractivity contribution in [3.8, 4) is 0 Å². The highest BCUT2D eigenvalue weighted by Crippen LogP contribution is 2.24. The molecule has 0 bridgehead atoms. The summed E-state index contributed by atoms with van der Waals surface area (Å²) in [6.45, 7) is 5.77. The number of benzene rings is 1. The number of carbonyl (C=O) groups is 1. The predicted octanol–water partition coefficient (Wildman–Crippen LogP) is 2.32. The summed E-state index contributed by atoms with van der Waals surface area (Å²) < 4.78 is 7.68. The monoisotopic (exact) mass is 313 g/mol. The summed E-state index contributed by atoms with van der Waals surface area (Å²) in [5, 5.41) is 8.98. The van der Waals surface area contributed by atoms with Gasteiger partial charge in [-0.25, -0.2) is 0 Å². The topological polar surface area (TPSA) is 56.2 Å². The molecular weight excluding hydrogens is 290 g/mol. The molecular formula is C18H23N3O2. The normalized spacial score (nSPS) is 22.2. The van der Waals surface area contributed by atoms with Gasteiger partial charge in [0.05, 0.1) is 5.52 Å². The van der Waals surface area contributed by atoms with Gasteiger partial charge in [-0.05, 0) is 43.9 Å². The third-order valence-corrected chi connectivity index (χ3v) is 4.95. The highest BCUT2D eigenvalue weighted by molar-refractivity contribution is 6.03. The Kier molecular flexibility index (Phi) is 3.91. The van der Waals surface area contributed by atoms with Crippen LogP contribution in [0.4, 0.5) is 0 Å². The zero-order valence-electron chi connectivity index (χ0n) is 13.5. The van der Waals surface area contributed by atoms with E-state index in [1.165, 1.54) is 0 Å². The minimum Gasteiger partial charge on any atom is -0.370 e. The maximum Gasteiger partial charge on any atom is 0.191 e. The second-order valence-electron chi connectivity index (χ2n) is 6.82. The molecule has 4 rings (SSSR count). The van der Waals surface area contributed by atoms with Crippen molar-refractivity contribution in [2.75, 3.05) is 19.7 Å². The first kappa shape index (κ1) is 14.8. The molecule has 1 unspecified atom stereocenters. The number of hydrogen-bond acceptors (Lipinski definition) is 4. The van der Waals surface area contributed by atoms with Crippen LogP contribution < -0.4 is 5.32 Å². The van der Waals surface area contributed by atoms with E-state index in [0.29, 0.717) is 12.5 Å². The van der Waals surface area contributed by atoms with Crippen molar-refractivity contribution >= 4 is 16.7 Å². The molecule has 1 N–H and O–H groups in total. The molecule has 0 saturated carbocycles. The van der Waals surface area contributed by atoms with Crippen molar-refractivity contribution in [3.05, 3.63) is 29.5 Å². The smallest absolute Gasteiger partial charge is 0.191 e. The average Bonchev–Trinajstić information content (AvgIpc) is 2.92. The quantitative estimate of drug-likeness (QED) is 0.880. The van der Waals surface area contributed by atoms with Crippen LogP contribution in [0.25, 0.3) is 10.9 Å². The van der Waals surface area contributed by atoms with Crippen LogP contribution in [0.5, 0.6) is 0 Å². The molecule has 1 aromatic heterocycles. The SMILES string of the molecule is Cc1cc2nn(CC3CNC3)cc2cc1C(=O)C1CCCCO1. The van der Waals surface area contributed by atoms with Crippen molar-refractivity contribution in [1.29, 1.82) is 0 Å². The van der Waals surface area contributed by atoms with Crippen LogP contribution in [0.3, 0.4) is 0 Å². The van der Waals surface area contributed by atoms with Gasteiger partial charge in [0.1, 0.15) is 6.10 Å². The summed E-state index contributed by atoms with van der Waals surface area (Å²) in [5.74, 6) is 0.794. The van der Waals surface area contributed by atoms with Gasteiger partial charge < -0.3 is 10.1 Å². The lowest BCUT2D eigenvalue weighted by molar-refractivity contribution is 0.0186. The zero-order valence-corrected chi connectivity index (χ0v) is 13.5. The molecule has 2 aromatic rings. The maximum absolute atomic E-state index is 12.7. The third-order valence-electron chi connectivity index (χ3n) is 4.95. The number of aromatic nitrogens is 2. The number of nitrogens with one attached hydrogen (secondary N) is 1. The van der Waals surface area contributed by atoms with E-state index in [2.05, 4.69) is 16.6 Å². The van der Waals surface area contributed by atoms with Crippen LogP contribution in [0.1, 0.15) is 35.2 Å². The minimum absolute atomic E-state index is 0.125. The van der Waals surface area contributed by atoms with Crippen molar-refractivity contribution in [1.82, 2.24) is 15.1 Å². The van der Waals surface area contributed by atoms with E-state index in [4.69, 9.17) is 4.74 Å². The molecule has 0 spiro atoms. The van der Waals surface area contributed by atoms with Gasteiger partial charge in [-0.3, -0.25) is 9.48 Å². The number of ketones is 1. The van der Waals surface area contributed by atoms with Crippen LogP contribution in [0.2, 0.25) is 0 Å². The Morgan fingerprint density at radius 2 is 2.26 bits per heavy atom. The van der Waals surface area contributed by atoms with Crippen molar-refractivity contribution < 1.29 is 9.53 Å². The number of aryl methyl sites for hydroxylation is 1. The highest BCUT2D eigenvalue weighted by Gasteiger charge is 2.25. The Hall–Kier alpha value is -1.72. The molecule has 3 heterocycles. The van der Waals surface area contributed by atoms with Gasteiger partial charge >= 0.3 is 0 Å². The number of Topliss-reactive ketones (excluding diaryl/α,β-unsaturated/α-hetero) is 1. The van der Waals surface area contributed by atoms with E-state index in [1.807, 2.05) is 23.7 Å². The van der Waals surface area contributed by atoms with E-state index in [1.54, 1.807) is 0 Å². The molecule has 5 heteroatoms. The fourth-order valence-corrected chi connectivity index (χ4v) is 3.45. The molecule has 122 valence electrons. The van der Waals surface area contributed by atoms with Crippen molar-refractivity contribution in [2.24, 2.45) is 5.92 Å². The summed E-state index contributed by atoms with van der Waals surface area (Å²) in [6, 6.07) is 4.02. The molecule has 2 fully saturated rings. The van der Waals surface area contributed by atoms with Crippen molar-refractivity contribution in [2.45, 2.75) is 38.8 Å². The molecule has 0 radical (unpaired) electrons. The van der Waals surface area contributed by atoms with Crippen LogP contribution >= 0.6 is 0 Å². The van der Waals surface area contributed by atoms with Crippen LogP contribution in [-0.2, 0) is 11.3 Å². The summed E-state index contributed by atoms with van der Waals surface area (Å²) in [5.41, 5.74) is 2.75. The Bertz CT molecular complexity index is 727. The first-order chi connectivity index (χ1) is 11.2. The molecule has 1 aromatic carbocycles. The van der Waals surface area contributed by atoms with E-state index in [0.717, 1.165) is 60.9 Å². The van der Waals surface area contributed by atoms with Gasteiger partial charge in [0, 0.05) is 49.3 Å². The number of nitrogens with zero attached hydrogens (tertiary/aromatic N) is 2. The van der Waals surface area contributed by atoms with Gasteiger partial charge in [-0.1, -0.05) is 0 Å². The van der Waals surface area contributed by atoms with E-state index >= 15 is 0 Å². The summed E-state index contributed by atoms with van der Waals surface area (Å²) in [6.07, 6.45) is 4.77. The number of rotatable bonds is 4. The molecule has 5 nitrogen and oxygen atoms in total. The van der Waals surface area contributed by atoms with Crippen molar-refractivity contribution in [3.63, 3.8) is 0 Å². The summed E-state index contributed by atoms with van der Waals surface area (Å²) >= 11 is 0. The van der Waals surface area contributed by atoms with E-state index in [-0.39, 0.29) is 11.9 Å². The Morgan fingerprint density at radius 3 is 2.96 bits per heavy atom. The van der Waals surface area contributed by atoms with Gasteiger partial charge in [0.2, 0.25) is 0 Å². The summed E-state index contributed by atoms with van der Waals surface area (Å²) in [4.78, 5) is 12.7. The summed E-state index contributed by atoms with van der Waals surface area (Å²) in [7, 11) is 0. The second kappa shape index (κ2) is 6.06. The predicted molar refractivity (Wildman–Crippen MR) is 88.8 cm³/mol.